The molecule has 4 saturated heterocycles. The van der Waals surface area contributed by atoms with Crippen molar-refractivity contribution in [2.24, 2.45) is 0 Å². The summed E-state index contributed by atoms with van der Waals surface area (Å²) in [6.45, 7) is 39.3. The minimum absolute atomic E-state index is 0.305. The Morgan fingerprint density at radius 3 is 0.953 bits per heavy atom. The smallest absolute Gasteiger partial charge is 0.344 e. The number of halogens is 1. The zero-order valence-electron chi connectivity index (χ0n) is 86.8. The Labute approximate surface area is 865 Å². The van der Waals surface area contributed by atoms with Gasteiger partial charge in [-0.3, -0.25) is 19.9 Å². The number of likely N-dealkylation sites (tertiary alicyclic amines) is 4. The first-order valence-corrected chi connectivity index (χ1v) is 52.4. The second kappa shape index (κ2) is 42.4. The van der Waals surface area contributed by atoms with E-state index in [-0.39, 0.29) is 28.1 Å². The van der Waals surface area contributed by atoms with Gasteiger partial charge in [-0.25, -0.2) is 53.9 Å². The lowest BCUT2D eigenvalue weighted by atomic mass is 9.88. The number of nitrogens with one attached hydrogen (secondary N) is 1. The molecule has 20 heterocycles. The number of aryl methyl sites for hydroxylation is 9. The zero-order chi connectivity index (χ0) is 103. The summed E-state index contributed by atoms with van der Waals surface area (Å²) in [5.74, 6) is 4.37. The summed E-state index contributed by atoms with van der Waals surface area (Å²) in [7, 11) is 2.16. The Balaban J connectivity index is 0.000000109. The standard InChI is InChI=1S/2C25H28N4O2.C24H26N4O2.C23H24N4O2.C21H17ClN4O2/c1-15(2)28-9-7-18(8-10-28)19-5-6-20-12-23(31-25(30)21(20)11-19)22-14-29-13-16(3)26-17(4)24(29)27-22;1-4-9-28-10-7-18(8-11-28)19-5-6-20-13-23(31-25(30)21(20)12-19)22-15-29-14-16(2)26-17(3)24(29)27-22;1-4-27-9-7-17(8-10-27)18-5-6-19-12-22(30-24(29)20(19)11-18)21-14-28-13-15(2)25-16(3)23(28)26-21;1-14-12-27-13-20(25-22(27)15(2)24-14)21-11-18-5-4-17(10-19(18)23(28)29-21)16-6-8-26(3)9-7-16;1-12-20-25-17(10-26(20)11-19(22)24-12)18-9-15-3-2-14(8-16(15)21(27)28-18)13-4-6-23-7-5-13/h5-6,11-15,18H,7-10H2,1-4H3;5-6,12-15,18H,4,7-11H2,1-3H3;5-6,11-14,17H,4,7-10H2,1-3H3;4-5,10-13,16H,6-9H2,1-3H3;2-4,8-11,23H,5-7H2,1H3. The molecular formula is C118H123ClN20O10. The van der Waals surface area contributed by atoms with Crippen LogP contribution in [0.2, 0.25) is 5.15 Å². The van der Waals surface area contributed by atoms with Crippen LogP contribution in [0, 0.1) is 62.3 Å². The summed E-state index contributed by atoms with van der Waals surface area (Å²) in [4.78, 5) is 119. The maximum Gasteiger partial charge on any atom is 0.344 e. The lowest BCUT2D eigenvalue weighted by Crippen LogP contribution is -2.37. The van der Waals surface area contributed by atoms with Gasteiger partial charge in [-0.2, -0.15) is 0 Å². The number of benzene rings is 5. The molecule has 0 aliphatic carbocycles. The molecular weight excluding hydrogens is 1890 g/mol. The van der Waals surface area contributed by atoms with Gasteiger partial charge in [0.1, 0.15) is 33.6 Å². The van der Waals surface area contributed by atoms with Crippen molar-refractivity contribution >= 4 is 99.3 Å². The third-order valence-electron chi connectivity index (χ3n) is 30.1. The predicted molar refractivity (Wildman–Crippen MR) is 586 cm³/mol. The number of rotatable bonds is 14. The molecule has 0 spiro atoms. The van der Waals surface area contributed by atoms with Crippen LogP contribution >= 0.6 is 11.6 Å². The molecule has 5 aromatic carbocycles. The monoisotopic (exact) mass is 2010 g/mol. The van der Waals surface area contributed by atoms with Crippen molar-refractivity contribution in [1.82, 2.24) is 96.8 Å². The number of piperidine rings is 4. The number of aromatic nitrogens is 15. The molecule has 0 amide bonds. The third-order valence-corrected chi connectivity index (χ3v) is 30.3. The molecule has 20 aromatic rings. The summed E-state index contributed by atoms with van der Waals surface area (Å²) >= 11 is 6.02. The second-order valence-electron chi connectivity index (χ2n) is 41.0. The van der Waals surface area contributed by atoms with E-state index < -0.39 is 0 Å². The van der Waals surface area contributed by atoms with Gasteiger partial charge in [0, 0.05) is 74.6 Å². The van der Waals surface area contributed by atoms with E-state index in [2.05, 4.69) is 152 Å². The number of fused-ring (bicyclic) bond motifs is 10. The van der Waals surface area contributed by atoms with E-state index in [1.807, 2.05) is 214 Å². The summed E-state index contributed by atoms with van der Waals surface area (Å²) in [5.41, 5.74) is 20.3. The van der Waals surface area contributed by atoms with E-state index in [1.165, 1.54) is 40.8 Å². The first-order chi connectivity index (χ1) is 72.0. The lowest BCUT2D eigenvalue weighted by Gasteiger charge is -2.34. The number of nitrogens with zero attached hydrogens (tertiary/aromatic N) is 19. The highest BCUT2D eigenvalue weighted by Crippen LogP contribution is 2.39. The first-order valence-electron chi connectivity index (χ1n) is 52.0. The Morgan fingerprint density at radius 1 is 0.349 bits per heavy atom. The molecule has 5 aliphatic heterocycles. The molecule has 25 rings (SSSR count). The van der Waals surface area contributed by atoms with Gasteiger partial charge in [0.05, 0.1) is 78.2 Å². The predicted octanol–water partition coefficient (Wildman–Crippen LogP) is 21.5. The van der Waals surface area contributed by atoms with E-state index in [1.54, 1.807) is 16.8 Å². The van der Waals surface area contributed by atoms with E-state index in [9.17, 15) is 24.0 Å². The molecule has 149 heavy (non-hydrogen) atoms. The normalized spacial score (nSPS) is 15.7. The molecule has 5 aliphatic rings. The highest BCUT2D eigenvalue weighted by Gasteiger charge is 2.29. The average molecular weight is 2020 g/mol. The fourth-order valence-electron chi connectivity index (χ4n) is 22.1. The summed E-state index contributed by atoms with van der Waals surface area (Å²) in [5, 5.41) is 11.2. The number of hydrogen-bond acceptors (Lipinski definition) is 25. The largest absolute Gasteiger partial charge is 0.421 e. The van der Waals surface area contributed by atoms with Crippen LogP contribution < -0.4 is 33.4 Å². The molecule has 30 nitrogen and oxygen atoms in total. The molecule has 762 valence electrons. The van der Waals surface area contributed by atoms with Crippen LogP contribution in [0.5, 0.6) is 0 Å². The second-order valence-corrected chi connectivity index (χ2v) is 41.4. The van der Waals surface area contributed by atoms with Gasteiger partial charge in [-0.15, -0.1) is 0 Å². The fraction of sp³-hybridized carbons (Fsp3) is 0.347. The fourth-order valence-corrected chi connectivity index (χ4v) is 22.4. The van der Waals surface area contributed by atoms with Crippen LogP contribution in [-0.4, -0.2) is 183 Å². The maximum atomic E-state index is 12.9. The average Bonchev–Trinajstić information content (AvgIpc) is 1.71. The summed E-state index contributed by atoms with van der Waals surface area (Å²) in [6.07, 6.45) is 32.1. The van der Waals surface area contributed by atoms with Crippen LogP contribution in [0.3, 0.4) is 0 Å². The van der Waals surface area contributed by atoms with Crippen LogP contribution in [0.15, 0.2) is 235 Å². The first kappa shape index (κ1) is 100. The van der Waals surface area contributed by atoms with Gasteiger partial charge in [-0.1, -0.05) is 92.2 Å². The number of imidazole rings is 5. The van der Waals surface area contributed by atoms with Crippen molar-refractivity contribution < 1.29 is 22.1 Å². The van der Waals surface area contributed by atoms with Gasteiger partial charge >= 0.3 is 28.1 Å². The zero-order valence-corrected chi connectivity index (χ0v) is 87.6. The Hall–Kier alpha value is -14.9. The summed E-state index contributed by atoms with van der Waals surface area (Å²) < 4.78 is 37.9. The molecule has 1 N–H and O–H groups in total. The van der Waals surface area contributed by atoms with Crippen molar-refractivity contribution in [3.05, 3.63) is 326 Å². The van der Waals surface area contributed by atoms with Gasteiger partial charge < -0.3 is 69.0 Å². The molecule has 0 unspecified atom stereocenters. The Morgan fingerprint density at radius 2 is 0.644 bits per heavy atom. The molecule has 4 fully saturated rings. The van der Waals surface area contributed by atoms with Crippen LogP contribution in [0.1, 0.15) is 195 Å². The molecule has 0 atom stereocenters. The SMILES string of the molecule is CCCN1CCC(c2ccc3cc(-c4cn5cc(C)nc(C)c5n4)oc(=O)c3c2)CC1.CCN1CCC(c2ccc3cc(-c4cn5cc(C)nc(C)c5n4)oc(=O)c3c2)CC1.Cc1cn2cc(-c3cc4ccc(C5CCN(C(C)C)CC5)cc4c(=O)o3)nc2c(C)n1.Cc1cn2cc(-c3cc4ccc(C5CCN(C)CC5)cc4c(=O)o3)nc2c(C)n1.Cc1nc(Cl)cn2cc(-c3cc4ccc(C5=CCNCC5)cc4c(=O)o3)nc12. The molecule has 0 saturated carbocycles. The Bertz CT molecular complexity index is 8910. The topological polar surface area (TPSA) is 327 Å². The van der Waals surface area contributed by atoms with Crippen molar-refractivity contribution in [1.29, 1.82) is 0 Å². The van der Waals surface area contributed by atoms with Crippen molar-refractivity contribution in [3.63, 3.8) is 0 Å². The maximum absolute atomic E-state index is 12.9. The van der Waals surface area contributed by atoms with Crippen LogP contribution in [0.25, 0.3) is 145 Å². The van der Waals surface area contributed by atoms with E-state index in [0.717, 1.165) is 230 Å². The molecule has 0 bridgehead atoms. The number of hydrogen-bond donors (Lipinski definition) is 1. The van der Waals surface area contributed by atoms with Gasteiger partial charge in [0.2, 0.25) is 0 Å². The molecule has 0 radical (unpaired) electrons. The van der Waals surface area contributed by atoms with E-state index in [4.69, 9.17) is 33.7 Å². The molecule has 15 aromatic heterocycles. The summed E-state index contributed by atoms with van der Waals surface area (Å²) in [6, 6.07) is 41.0. The van der Waals surface area contributed by atoms with E-state index in [0.29, 0.717) is 130 Å². The third kappa shape index (κ3) is 21.4. The van der Waals surface area contributed by atoms with Crippen molar-refractivity contribution in [3.8, 4) is 57.3 Å². The highest BCUT2D eigenvalue weighted by molar-refractivity contribution is 6.29. The van der Waals surface area contributed by atoms with Gasteiger partial charge in [-0.05, 0) is 364 Å². The van der Waals surface area contributed by atoms with Crippen molar-refractivity contribution in [2.75, 3.05) is 85.6 Å². The highest BCUT2D eigenvalue weighted by atomic mass is 35.5. The molecule has 31 heteroatoms. The van der Waals surface area contributed by atoms with Gasteiger partial charge in [0.15, 0.2) is 57.0 Å². The van der Waals surface area contributed by atoms with Crippen LogP contribution in [0.4, 0.5) is 0 Å². The minimum Gasteiger partial charge on any atom is -0.421 e. The lowest BCUT2D eigenvalue weighted by molar-refractivity contribution is 0.172. The van der Waals surface area contributed by atoms with E-state index >= 15 is 0 Å². The Kier molecular flexibility index (Phi) is 28.4. The van der Waals surface area contributed by atoms with Gasteiger partial charge in [0.25, 0.3) is 0 Å². The van der Waals surface area contributed by atoms with Crippen molar-refractivity contribution in [2.45, 2.75) is 184 Å². The quantitative estimate of drug-likeness (QED) is 0.106. The minimum atomic E-state index is -0.367. The van der Waals surface area contributed by atoms with Crippen LogP contribution in [-0.2, 0) is 0 Å².